The van der Waals surface area contributed by atoms with E-state index in [-0.39, 0.29) is 20.1 Å². The van der Waals surface area contributed by atoms with Crippen LogP contribution in [0, 0.1) is 0 Å². The van der Waals surface area contributed by atoms with Gasteiger partial charge in [0.1, 0.15) is 0 Å². The van der Waals surface area contributed by atoms with Crippen LogP contribution in [0.1, 0.15) is 0 Å². The van der Waals surface area contributed by atoms with Crippen molar-refractivity contribution in [3.63, 3.8) is 0 Å². The maximum atomic E-state index is 9.01. The third-order valence-electron chi connectivity index (χ3n) is 0.387. The normalized spacial score (nSPS) is 6.94. The molecule has 0 aromatic rings. The van der Waals surface area contributed by atoms with Crippen LogP contribution < -0.4 is 15.3 Å². The summed E-state index contributed by atoms with van der Waals surface area (Å²) in [5.41, 5.74) is 0. The Morgan fingerprint density at radius 2 is 0.750 bits per heavy atom. The van der Waals surface area contributed by atoms with Gasteiger partial charge in [-0.2, -0.15) is 0 Å². The number of hydrogen-bond acceptors (Lipinski definition) is 9. The Morgan fingerprint density at radius 1 is 0.688 bits per heavy atom. The first-order chi connectivity index (χ1) is 6.81. The molecular formula is C6H9IrO9. The number of carbonyl (C=O) groups is 3. The number of hydrogen-bond donors (Lipinski definition) is 3. The fraction of sp³-hybridized carbons (Fsp3) is 0.500. The van der Waals surface area contributed by atoms with Crippen LogP contribution in [0.3, 0.4) is 0 Å². The average molecular weight is 417 g/mol. The predicted molar refractivity (Wildman–Crippen MR) is 36.3 cm³/mol. The monoisotopic (exact) mass is 418 g/mol. The van der Waals surface area contributed by atoms with E-state index in [4.69, 9.17) is 45.0 Å². The molecule has 0 fully saturated rings. The molecule has 0 aromatic carbocycles. The molecule has 0 rings (SSSR count). The number of carboxylic acid groups (broad SMARTS) is 3. The van der Waals surface area contributed by atoms with E-state index in [1.54, 1.807) is 0 Å². The van der Waals surface area contributed by atoms with Gasteiger partial charge in [0.05, 0.1) is 37.7 Å². The molecular weight excluding hydrogens is 408 g/mol. The fourth-order valence-electron chi connectivity index (χ4n) is 0. The minimum atomic E-state index is -1.44. The standard InChI is InChI=1S/3C2H4O3.Ir/c3*3-1-2(4)5;/h3*3H,1H2,(H,4,5);/q;;;+3/p-3. The summed E-state index contributed by atoms with van der Waals surface area (Å²) >= 11 is 0. The van der Waals surface area contributed by atoms with Crippen molar-refractivity contribution in [1.82, 2.24) is 0 Å². The van der Waals surface area contributed by atoms with Crippen LogP contribution in [-0.4, -0.2) is 53.0 Å². The molecule has 96 valence electrons. The fourth-order valence-corrected chi connectivity index (χ4v) is 0. The number of aliphatic hydroxyl groups is 3. The molecule has 0 aliphatic carbocycles. The second-order valence-corrected chi connectivity index (χ2v) is 1.59. The second kappa shape index (κ2) is 19.5. The Hall–Kier alpha value is -1.06. The van der Waals surface area contributed by atoms with Gasteiger partial charge in [-0.15, -0.1) is 0 Å². The third kappa shape index (κ3) is 75.6. The maximum absolute atomic E-state index is 9.01. The summed E-state index contributed by atoms with van der Waals surface area (Å²) in [6.45, 7) is -2.67. The van der Waals surface area contributed by atoms with E-state index in [0.717, 1.165) is 0 Å². The molecule has 0 bridgehead atoms. The molecule has 0 saturated heterocycles. The number of rotatable bonds is 3. The van der Waals surface area contributed by atoms with Gasteiger partial charge in [0, 0.05) is 0 Å². The van der Waals surface area contributed by atoms with Crippen LogP contribution in [-0.2, 0) is 34.5 Å². The topological polar surface area (TPSA) is 181 Å². The first-order valence-electron chi connectivity index (χ1n) is 3.23. The van der Waals surface area contributed by atoms with Crippen LogP contribution in [0.15, 0.2) is 0 Å². The van der Waals surface area contributed by atoms with E-state index in [0.29, 0.717) is 0 Å². The zero-order valence-electron chi connectivity index (χ0n) is 7.75. The summed E-state index contributed by atoms with van der Waals surface area (Å²) in [5, 5.41) is 49.5. The van der Waals surface area contributed by atoms with Crippen LogP contribution in [0.2, 0.25) is 0 Å². The summed E-state index contributed by atoms with van der Waals surface area (Å²) in [6, 6.07) is 0. The van der Waals surface area contributed by atoms with E-state index in [1.165, 1.54) is 0 Å². The molecule has 0 saturated carbocycles. The van der Waals surface area contributed by atoms with Gasteiger partial charge in [0.2, 0.25) is 0 Å². The van der Waals surface area contributed by atoms with Gasteiger partial charge in [-0.05, 0) is 0 Å². The smallest absolute Gasteiger partial charge is 0.548 e. The Labute approximate surface area is 103 Å². The molecule has 10 heteroatoms. The molecule has 9 nitrogen and oxygen atoms in total. The van der Waals surface area contributed by atoms with Gasteiger partial charge < -0.3 is 45.0 Å². The van der Waals surface area contributed by atoms with E-state index in [1.807, 2.05) is 0 Å². The van der Waals surface area contributed by atoms with E-state index >= 15 is 0 Å². The van der Waals surface area contributed by atoms with Crippen LogP contribution >= 0.6 is 0 Å². The van der Waals surface area contributed by atoms with Gasteiger partial charge >= 0.3 is 20.1 Å². The van der Waals surface area contributed by atoms with Crippen molar-refractivity contribution in [3.8, 4) is 0 Å². The van der Waals surface area contributed by atoms with Gasteiger partial charge in [0.15, 0.2) is 0 Å². The van der Waals surface area contributed by atoms with Crippen molar-refractivity contribution in [2.24, 2.45) is 0 Å². The minimum absolute atomic E-state index is 0. The predicted octanol–water partition coefficient (Wildman–Crippen LogP) is -6.82. The largest absolute Gasteiger partial charge is 3.00 e. The SMILES string of the molecule is O=C([O-])CO.O=C([O-])CO.O=C([O-])CO.[Ir+3]. The van der Waals surface area contributed by atoms with Crippen molar-refractivity contribution in [3.05, 3.63) is 0 Å². The van der Waals surface area contributed by atoms with Gasteiger partial charge in [-0.3, -0.25) is 0 Å². The van der Waals surface area contributed by atoms with Gasteiger partial charge in [-0.25, -0.2) is 0 Å². The number of carbonyl (C=O) groups excluding carboxylic acids is 3. The van der Waals surface area contributed by atoms with E-state index < -0.39 is 37.7 Å². The summed E-state index contributed by atoms with van der Waals surface area (Å²) in [6.07, 6.45) is 0. The summed E-state index contributed by atoms with van der Waals surface area (Å²) in [7, 11) is 0. The molecule has 0 radical (unpaired) electrons. The zero-order valence-corrected chi connectivity index (χ0v) is 10.1. The minimum Gasteiger partial charge on any atom is -0.548 e. The molecule has 3 N–H and O–H groups in total. The maximum Gasteiger partial charge on any atom is 3.00 e. The van der Waals surface area contributed by atoms with Crippen molar-refractivity contribution < 1.29 is 65.1 Å². The van der Waals surface area contributed by atoms with Crippen LogP contribution in [0.5, 0.6) is 0 Å². The molecule has 0 aromatic heterocycles. The molecule has 16 heavy (non-hydrogen) atoms. The molecule has 0 aliphatic rings. The van der Waals surface area contributed by atoms with Crippen molar-refractivity contribution in [2.75, 3.05) is 19.8 Å². The number of aliphatic hydroxyl groups excluding tert-OH is 3. The van der Waals surface area contributed by atoms with E-state index in [2.05, 4.69) is 0 Å². The number of aliphatic carboxylic acids is 3. The Morgan fingerprint density at radius 3 is 0.750 bits per heavy atom. The zero-order chi connectivity index (χ0) is 12.9. The van der Waals surface area contributed by atoms with Crippen molar-refractivity contribution in [1.29, 1.82) is 0 Å². The molecule has 0 unspecified atom stereocenters. The Kier molecular flexibility index (Phi) is 29.6. The summed E-state index contributed by atoms with van der Waals surface area (Å²) in [5.74, 6) is -4.32. The van der Waals surface area contributed by atoms with Gasteiger partial charge in [-0.1, -0.05) is 0 Å². The van der Waals surface area contributed by atoms with Crippen LogP contribution in [0.25, 0.3) is 0 Å². The first kappa shape index (κ1) is 24.3. The van der Waals surface area contributed by atoms with Crippen LogP contribution in [0.4, 0.5) is 0 Å². The summed E-state index contributed by atoms with van der Waals surface area (Å²) < 4.78 is 0. The van der Waals surface area contributed by atoms with Gasteiger partial charge in [0.25, 0.3) is 0 Å². The molecule has 0 atom stereocenters. The molecule has 0 spiro atoms. The second-order valence-electron chi connectivity index (χ2n) is 1.59. The molecule has 0 heterocycles. The summed E-state index contributed by atoms with van der Waals surface area (Å²) in [4.78, 5) is 27.0. The Balaban J connectivity index is -0.0000000655. The van der Waals surface area contributed by atoms with Crippen molar-refractivity contribution >= 4 is 17.9 Å². The number of carboxylic acids is 3. The first-order valence-corrected chi connectivity index (χ1v) is 3.23. The quantitative estimate of drug-likeness (QED) is 0.402. The van der Waals surface area contributed by atoms with Crippen molar-refractivity contribution in [2.45, 2.75) is 0 Å². The molecule has 0 aliphatic heterocycles. The third-order valence-corrected chi connectivity index (χ3v) is 0.387. The van der Waals surface area contributed by atoms with E-state index in [9.17, 15) is 0 Å². The average Bonchev–Trinajstić information content (AvgIpc) is 2.19. The molecule has 0 amide bonds. The Bertz CT molecular complexity index is 159.